The predicted molar refractivity (Wildman–Crippen MR) is 53.7 cm³/mol. The molecule has 15 heavy (non-hydrogen) atoms. The van der Waals surface area contributed by atoms with Gasteiger partial charge in [-0.1, -0.05) is 0 Å². The van der Waals surface area contributed by atoms with E-state index in [9.17, 15) is 4.79 Å². The molecule has 0 aromatic carbocycles. The maximum atomic E-state index is 11.0. The van der Waals surface area contributed by atoms with Crippen molar-refractivity contribution in [2.75, 3.05) is 7.11 Å². The standard InChI is InChI=1S/C10H13NO4/c1-7(10(13)14-2)11-5-8-3-4-9(6-12)15-8/h3-5,7,12H,6H2,1-2H3/b11-5-. The molecule has 1 aromatic rings. The van der Waals surface area contributed by atoms with Gasteiger partial charge in [0.25, 0.3) is 0 Å². The van der Waals surface area contributed by atoms with E-state index in [4.69, 9.17) is 9.52 Å². The number of aliphatic hydroxyl groups excluding tert-OH is 1. The largest absolute Gasteiger partial charge is 0.467 e. The fraction of sp³-hybridized carbons (Fsp3) is 0.400. The number of carbonyl (C=O) groups is 1. The van der Waals surface area contributed by atoms with Crippen LogP contribution in [0.3, 0.4) is 0 Å². The van der Waals surface area contributed by atoms with Crippen LogP contribution in [0.2, 0.25) is 0 Å². The van der Waals surface area contributed by atoms with E-state index < -0.39 is 12.0 Å². The normalized spacial score (nSPS) is 13.0. The number of hydrogen-bond acceptors (Lipinski definition) is 5. The second kappa shape index (κ2) is 5.31. The Labute approximate surface area is 87.4 Å². The van der Waals surface area contributed by atoms with Crippen molar-refractivity contribution in [2.45, 2.75) is 19.6 Å². The van der Waals surface area contributed by atoms with E-state index >= 15 is 0 Å². The van der Waals surface area contributed by atoms with Crippen LogP contribution >= 0.6 is 0 Å². The van der Waals surface area contributed by atoms with E-state index in [2.05, 4.69) is 9.73 Å². The first-order valence-electron chi connectivity index (χ1n) is 4.48. The lowest BCUT2D eigenvalue weighted by Crippen LogP contribution is -2.16. The van der Waals surface area contributed by atoms with E-state index in [-0.39, 0.29) is 6.61 Å². The van der Waals surface area contributed by atoms with Crippen molar-refractivity contribution in [1.82, 2.24) is 0 Å². The molecule has 0 saturated heterocycles. The smallest absolute Gasteiger partial charge is 0.330 e. The highest BCUT2D eigenvalue weighted by molar-refractivity contribution is 5.81. The van der Waals surface area contributed by atoms with Gasteiger partial charge in [0.15, 0.2) is 0 Å². The Kier molecular flexibility index (Phi) is 4.05. The van der Waals surface area contributed by atoms with E-state index in [1.165, 1.54) is 13.3 Å². The van der Waals surface area contributed by atoms with Gasteiger partial charge in [-0.15, -0.1) is 0 Å². The zero-order valence-electron chi connectivity index (χ0n) is 8.64. The average Bonchev–Trinajstić information content (AvgIpc) is 2.72. The molecule has 0 aliphatic rings. The van der Waals surface area contributed by atoms with E-state index in [1.807, 2.05) is 0 Å². The number of methoxy groups -OCH3 is 1. The minimum atomic E-state index is -0.558. The second-order valence-electron chi connectivity index (χ2n) is 2.94. The maximum absolute atomic E-state index is 11.0. The summed E-state index contributed by atoms with van der Waals surface area (Å²) < 4.78 is 9.65. The van der Waals surface area contributed by atoms with Crippen molar-refractivity contribution >= 4 is 12.2 Å². The predicted octanol–water partition coefficient (Wildman–Crippen LogP) is 0.752. The molecule has 1 atom stereocenters. The van der Waals surface area contributed by atoms with Gasteiger partial charge in [-0.2, -0.15) is 0 Å². The van der Waals surface area contributed by atoms with Gasteiger partial charge >= 0.3 is 5.97 Å². The van der Waals surface area contributed by atoms with Gasteiger partial charge in [0.1, 0.15) is 24.2 Å². The molecule has 0 radical (unpaired) electrons. The van der Waals surface area contributed by atoms with Crippen molar-refractivity contribution in [1.29, 1.82) is 0 Å². The minimum Gasteiger partial charge on any atom is -0.467 e. The molecule has 0 aliphatic heterocycles. The van der Waals surface area contributed by atoms with Gasteiger partial charge in [-0.3, -0.25) is 4.99 Å². The van der Waals surface area contributed by atoms with E-state index in [0.717, 1.165) is 0 Å². The van der Waals surface area contributed by atoms with Crippen molar-refractivity contribution in [3.05, 3.63) is 23.7 Å². The summed E-state index contributed by atoms with van der Waals surface area (Å²) in [7, 11) is 1.31. The number of ether oxygens (including phenoxy) is 1. The fourth-order valence-electron chi connectivity index (χ4n) is 0.966. The molecule has 1 unspecified atom stereocenters. The lowest BCUT2D eigenvalue weighted by Gasteiger charge is -2.01. The molecule has 0 saturated carbocycles. The molecule has 1 aromatic heterocycles. The number of rotatable bonds is 4. The molecule has 0 spiro atoms. The highest BCUT2D eigenvalue weighted by atomic mass is 16.5. The highest BCUT2D eigenvalue weighted by Gasteiger charge is 2.09. The fourth-order valence-corrected chi connectivity index (χ4v) is 0.966. The molecule has 5 nitrogen and oxygen atoms in total. The van der Waals surface area contributed by atoms with Crippen LogP contribution in [0.4, 0.5) is 0 Å². The Morgan fingerprint density at radius 1 is 1.73 bits per heavy atom. The summed E-state index contributed by atoms with van der Waals surface area (Å²) in [5, 5.41) is 8.74. The summed E-state index contributed by atoms with van der Waals surface area (Å²) in [6, 6.07) is 2.75. The van der Waals surface area contributed by atoms with Gasteiger partial charge in [-0.25, -0.2) is 4.79 Å². The third-order valence-electron chi connectivity index (χ3n) is 1.81. The van der Waals surface area contributed by atoms with Crippen LogP contribution in [0.25, 0.3) is 0 Å². The maximum Gasteiger partial charge on any atom is 0.330 e. The number of hydrogen-bond donors (Lipinski definition) is 1. The van der Waals surface area contributed by atoms with E-state index in [1.54, 1.807) is 19.1 Å². The molecule has 0 aliphatic carbocycles. The average molecular weight is 211 g/mol. The number of aliphatic imine (C=N–C) groups is 1. The summed E-state index contributed by atoms with van der Waals surface area (Å²) in [6.45, 7) is 1.47. The number of esters is 1. The van der Waals surface area contributed by atoms with E-state index in [0.29, 0.717) is 11.5 Å². The topological polar surface area (TPSA) is 72.0 Å². The number of carbonyl (C=O) groups excluding carboxylic acids is 1. The number of nitrogens with zero attached hydrogens (tertiary/aromatic N) is 1. The summed E-state index contributed by atoms with van der Waals surface area (Å²) in [6.07, 6.45) is 1.43. The first kappa shape index (κ1) is 11.5. The van der Waals surface area contributed by atoms with Crippen LogP contribution in [-0.2, 0) is 16.1 Å². The van der Waals surface area contributed by atoms with Crippen LogP contribution in [0.1, 0.15) is 18.4 Å². The summed E-state index contributed by atoms with van der Waals surface area (Å²) in [4.78, 5) is 14.9. The molecule has 5 heteroatoms. The lowest BCUT2D eigenvalue weighted by atomic mass is 10.3. The highest BCUT2D eigenvalue weighted by Crippen LogP contribution is 2.05. The van der Waals surface area contributed by atoms with Crippen LogP contribution in [0.5, 0.6) is 0 Å². The Bertz CT molecular complexity index is 356. The third-order valence-corrected chi connectivity index (χ3v) is 1.81. The molecule has 82 valence electrons. The third kappa shape index (κ3) is 3.21. The Morgan fingerprint density at radius 2 is 2.47 bits per heavy atom. The number of aliphatic hydroxyl groups is 1. The first-order chi connectivity index (χ1) is 7.17. The molecule has 1 N–H and O–H groups in total. The van der Waals surface area contributed by atoms with Gasteiger partial charge in [0.05, 0.1) is 13.3 Å². The zero-order valence-corrected chi connectivity index (χ0v) is 8.64. The molecule has 0 amide bonds. The monoisotopic (exact) mass is 211 g/mol. The first-order valence-corrected chi connectivity index (χ1v) is 4.48. The van der Waals surface area contributed by atoms with Gasteiger partial charge in [0.2, 0.25) is 0 Å². The molecule has 0 fully saturated rings. The van der Waals surface area contributed by atoms with Crippen LogP contribution in [0.15, 0.2) is 21.5 Å². The van der Waals surface area contributed by atoms with Gasteiger partial charge in [-0.05, 0) is 19.1 Å². The molecule has 1 heterocycles. The SMILES string of the molecule is COC(=O)C(C)/N=C\c1ccc(CO)o1. The Balaban J connectivity index is 2.60. The van der Waals surface area contributed by atoms with Crippen LogP contribution in [-0.4, -0.2) is 30.4 Å². The Hall–Kier alpha value is -1.62. The van der Waals surface area contributed by atoms with Crippen molar-refractivity contribution < 1.29 is 19.1 Å². The zero-order chi connectivity index (χ0) is 11.3. The lowest BCUT2D eigenvalue weighted by molar-refractivity contribution is -0.141. The molecule has 0 bridgehead atoms. The van der Waals surface area contributed by atoms with Gasteiger partial charge < -0.3 is 14.3 Å². The quantitative estimate of drug-likeness (QED) is 0.589. The molecule has 1 rings (SSSR count). The number of furan rings is 1. The van der Waals surface area contributed by atoms with Crippen molar-refractivity contribution in [3.63, 3.8) is 0 Å². The second-order valence-corrected chi connectivity index (χ2v) is 2.94. The van der Waals surface area contributed by atoms with Crippen molar-refractivity contribution in [2.24, 2.45) is 4.99 Å². The summed E-state index contributed by atoms with van der Waals surface area (Å²) in [5.74, 6) is 0.553. The van der Waals surface area contributed by atoms with Crippen LogP contribution < -0.4 is 0 Å². The summed E-state index contributed by atoms with van der Waals surface area (Å²) in [5.41, 5.74) is 0. The van der Waals surface area contributed by atoms with Crippen molar-refractivity contribution in [3.8, 4) is 0 Å². The minimum absolute atomic E-state index is 0.152. The van der Waals surface area contributed by atoms with Crippen LogP contribution in [0, 0.1) is 0 Å². The molecular formula is C10H13NO4. The summed E-state index contributed by atoms with van der Waals surface area (Å²) >= 11 is 0. The van der Waals surface area contributed by atoms with Gasteiger partial charge in [0, 0.05) is 0 Å². The molecular weight excluding hydrogens is 198 g/mol. The Morgan fingerprint density at radius 3 is 3.00 bits per heavy atom.